The van der Waals surface area contributed by atoms with Gasteiger partial charge in [-0.15, -0.1) is 0 Å². The van der Waals surface area contributed by atoms with E-state index in [9.17, 15) is 14.7 Å². The number of phenols is 1. The van der Waals surface area contributed by atoms with E-state index in [-0.39, 0.29) is 40.8 Å². The van der Waals surface area contributed by atoms with Gasteiger partial charge in [-0.2, -0.15) is 0 Å². The Morgan fingerprint density at radius 1 is 1.08 bits per heavy atom. The molecule has 0 aromatic heterocycles. The van der Waals surface area contributed by atoms with E-state index in [1.165, 1.54) is 28.1 Å². The largest absolute Gasteiger partial charge is 0.507 e. The molecule has 0 amide bonds. The lowest BCUT2D eigenvalue weighted by Crippen LogP contribution is -2.28. The number of carbonyl (C=O) groups excluding carboxylic acids is 2. The lowest BCUT2D eigenvalue weighted by atomic mass is 9.79. The molecule has 1 aromatic carbocycles. The number of esters is 1. The molecule has 2 rings (SSSR count). The van der Waals surface area contributed by atoms with Crippen LogP contribution in [0.5, 0.6) is 17.2 Å². The molecule has 0 heterocycles. The second-order valence-electron chi connectivity index (χ2n) is 6.01. The first-order valence-corrected chi connectivity index (χ1v) is 8.06. The van der Waals surface area contributed by atoms with Gasteiger partial charge in [0.1, 0.15) is 28.9 Å². The fourth-order valence-electron chi connectivity index (χ4n) is 3.45. The zero-order chi connectivity index (χ0) is 17.9. The van der Waals surface area contributed by atoms with Gasteiger partial charge in [0.05, 0.1) is 14.2 Å². The van der Waals surface area contributed by atoms with Crippen LogP contribution in [-0.2, 0) is 9.53 Å². The van der Waals surface area contributed by atoms with Gasteiger partial charge in [-0.05, 0) is 26.2 Å². The molecule has 0 aliphatic heterocycles. The zero-order valence-corrected chi connectivity index (χ0v) is 14.5. The van der Waals surface area contributed by atoms with Gasteiger partial charge in [0.25, 0.3) is 0 Å². The standard InChI is InChI=1S/C18H24O6/c1-10(19)16-14(22-3)9-15(23-4)17(18(16)21)12-7-5-6-8-13(12)24-11(2)20/h9,12-13,21H,5-8H2,1-4H3/t12-,13-/m1/s1. The molecule has 1 fully saturated rings. The van der Waals surface area contributed by atoms with Crippen LogP contribution in [0.15, 0.2) is 6.07 Å². The molecule has 6 heteroatoms. The Morgan fingerprint density at radius 3 is 2.25 bits per heavy atom. The Balaban J connectivity index is 2.59. The number of hydrogen-bond acceptors (Lipinski definition) is 6. The predicted molar refractivity (Wildman–Crippen MR) is 88.0 cm³/mol. The maximum absolute atomic E-state index is 12.0. The summed E-state index contributed by atoms with van der Waals surface area (Å²) in [7, 11) is 2.93. The first kappa shape index (κ1) is 18.1. The average molecular weight is 336 g/mol. The third-order valence-corrected chi connectivity index (χ3v) is 4.45. The van der Waals surface area contributed by atoms with E-state index < -0.39 is 0 Å². The lowest BCUT2D eigenvalue weighted by molar-refractivity contribution is -0.148. The Hall–Kier alpha value is -2.24. The van der Waals surface area contributed by atoms with Crippen molar-refractivity contribution in [3.63, 3.8) is 0 Å². The van der Waals surface area contributed by atoms with Gasteiger partial charge in [-0.1, -0.05) is 6.42 Å². The molecular weight excluding hydrogens is 312 g/mol. The maximum atomic E-state index is 12.0. The van der Waals surface area contributed by atoms with Gasteiger partial charge >= 0.3 is 5.97 Å². The van der Waals surface area contributed by atoms with Crippen molar-refractivity contribution in [2.24, 2.45) is 0 Å². The molecule has 0 bridgehead atoms. The molecule has 0 radical (unpaired) electrons. The van der Waals surface area contributed by atoms with Crippen LogP contribution in [-0.4, -0.2) is 37.2 Å². The van der Waals surface area contributed by atoms with E-state index in [1.807, 2.05) is 0 Å². The molecule has 1 saturated carbocycles. The molecular formula is C18H24O6. The highest BCUT2D eigenvalue weighted by atomic mass is 16.5. The van der Waals surface area contributed by atoms with Crippen LogP contribution in [0, 0.1) is 0 Å². The van der Waals surface area contributed by atoms with Gasteiger partial charge in [0.2, 0.25) is 0 Å². The average Bonchev–Trinajstić information content (AvgIpc) is 2.53. The summed E-state index contributed by atoms with van der Waals surface area (Å²) >= 11 is 0. The highest BCUT2D eigenvalue weighted by molar-refractivity contribution is 6.00. The topological polar surface area (TPSA) is 82.1 Å². The Morgan fingerprint density at radius 2 is 1.71 bits per heavy atom. The van der Waals surface area contributed by atoms with Crippen molar-refractivity contribution < 1.29 is 28.9 Å². The van der Waals surface area contributed by atoms with Crippen molar-refractivity contribution in [2.45, 2.75) is 51.6 Å². The number of Topliss-reactive ketones (excluding diaryl/α,β-unsaturated/α-hetero) is 1. The molecule has 1 aromatic rings. The summed E-state index contributed by atoms with van der Waals surface area (Å²) in [6, 6.07) is 1.60. The fraction of sp³-hybridized carbons (Fsp3) is 0.556. The maximum Gasteiger partial charge on any atom is 0.302 e. The van der Waals surface area contributed by atoms with E-state index >= 15 is 0 Å². The first-order chi connectivity index (χ1) is 11.4. The number of benzene rings is 1. The smallest absolute Gasteiger partial charge is 0.302 e. The summed E-state index contributed by atoms with van der Waals surface area (Å²) in [6.45, 7) is 2.75. The highest BCUT2D eigenvalue weighted by Gasteiger charge is 2.35. The second kappa shape index (κ2) is 7.55. The van der Waals surface area contributed by atoms with Crippen LogP contribution >= 0.6 is 0 Å². The van der Waals surface area contributed by atoms with E-state index in [4.69, 9.17) is 14.2 Å². The van der Waals surface area contributed by atoms with Gasteiger partial charge in [0, 0.05) is 24.5 Å². The number of ketones is 1. The third kappa shape index (κ3) is 3.47. The number of methoxy groups -OCH3 is 2. The monoisotopic (exact) mass is 336 g/mol. The highest BCUT2D eigenvalue weighted by Crippen LogP contribution is 2.47. The quantitative estimate of drug-likeness (QED) is 0.657. The normalized spacial score (nSPS) is 20.3. The zero-order valence-electron chi connectivity index (χ0n) is 14.5. The van der Waals surface area contributed by atoms with E-state index in [0.717, 1.165) is 19.3 Å². The molecule has 2 atom stereocenters. The minimum Gasteiger partial charge on any atom is -0.507 e. The van der Waals surface area contributed by atoms with Crippen LogP contribution in [0.4, 0.5) is 0 Å². The number of aromatic hydroxyl groups is 1. The van der Waals surface area contributed by atoms with E-state index in [2.05, 4.69) is 0 Å². The summed E-state index contributed by atoms with van der Waals surface area (Å²) in [5.74, 6) is -0.332. The SMILES string of the molecule is COc1cc(OC)c([C@@H]2CCCC[C@H]2OC(C)=O)c(O)c1C(C)=O. The van der Waals surface area contributed by atoms with Gasteiger partial charge in [0.15, 0.2) is 5.78 Å². The van der Waals surface area contributed by atoms with Crippen LogP contribution in [0.2, 0.25) is 0 Å². The molecule has 1 N–H and O–H groups in total. The number of hydrogen-bond donors (Lipinski definition) is 1. The molecule has 24 heavy (non-hydrogen) atoms. The van der Waals surface area contributed by atoms with E-state index in [1.54, 1.807) is 6.07 Å². The fourth-order valence-corrected chi connectivity index (χ4v) is 3.45. The van der Waals surface area contributed by atoms with Crippen LogP contribution in [0.1, 0.15) is 61.4 Å². The van der Waals surface area contributed by atoms with Crippen LogP contribution in [0.25, 0.3) is 0 Å². The minimum absolute atomic E-state index is 0.125. The Labute approximate surface area is 141 Å². The van der Waals surface area contributed by atoms with Crippen molar-refractivity contribution in [2.75, 3.05) is 14.2 Å². The van der Waals surface area contributed by atoms with Gasteiger partial charge in [-0.25, -0.2) is 0 Å². The predicted octanol–water partition coefficient (Wildman–Crippen LogP) is 3.20. The Bertz CT molecular complexity index is 637. The molecule has 0 saturated heterocycles. The molecule has 132 valence electrons. The first-order valence-electron chi connectivity index (χ1n) is 8.06. The minimum atomic E-state index is -0.356. The van der Waals surface area contributed by atoms with Crippen LogP contribution in [0.3, 0.4) is 0 Å². The van der Waals surface area contributed by atoms with Crippen LogP contribution < -0.4 is 9.47 Å². The van der Waals surface area contributed by atoms with Crippen molar-refractivity contribution in [1.82, 2.24) is 0 Å². The van der Waals surface area contributed by atoms with Crippen molar-refractivity contribution in [3.05, 3.63) is 17.2 Å². The Kier molecular flexibility index (Phi) is 5.70. The number of carbonyl (C=O) groups is 2. The molecule has 1 aliphatic rings. The molecule has 1 aliphatic carbocycles. The summed E-state index contributed by atoms with van der Waals surface area (Å²) in [4.78, 5) is 23.4. The van der Waals surface area contributed by atoms with Gasteiger partial charge < -0.3 is 19.3 Å². The molecule has 0 unspecified atom stereocenters. The van der Waals surface area contributed by atoms with Gasteiger partial charge in [-0.3, -0.25) is 9.59 Å². The summed E-state index contributed by atoms with van der Waals surface area (Å²) in [5, 5.41) is 10.8. The van der Waals surface area contributed by atoms with Crippen molar-refractivity contribution >= 4 is 11.8 Å². The summed E-state index contributed by atoms with van der Waals surface area (Å²) < 4.78 is 16.1. The second-order valence-corrected chi connectivity index (χ2v) is 6.01. The number of phenolic OH excluding ortho intramolecular Hbond substituents is 1. The number of ether oxygens (including phenoxy) is 3. The van der Waals surface area contributed by atoms with Crippen molar-refractivity contribution in [3.8, 4) is 17.2 Å². The summed E-state index contributed by atoms with van der Waals surface area (Å²) in [5.41, 5.74) is 0.634. The van der Waals surface area contributed by atoms with Crippen molar-refractivity contribution in [1.29, 1.82) is 0 Å². The summed E-state index contributed by atoms with van der Waals surface area (Å²) in [6.07, 6.45) is 3.02. The van der Waals surface area contributed by atoms with E-state index in [0.29, 0.717) is 17.7 Å². The molecule has 6 nitrogen and oxygen atoms in total. The third-order valence-electron chi connectivity index (χ3n) is 4.45. The molecule has 0 spiro atoms. The number of rotatable bonds is 5. The lowest BCUT2D eigenvalue weighted by Gasteiger charge is -2.33.